The lowest BCUT2D eigenvalue weighted by Gasteiger charge is -2.11. The molecule has 5 rings (SSSR count). The van der Waals surface area contributed by atoms with Crippen molar-refractivity contribution in [1.29, 1.82) is 0 Å². The van der Waals surface area contributed by atoms with Crippen molar-refractivity contribution in [2.24, 2.45) is 0 Å². The fraction of sp³-hybridized carbons (Fsp3) is 0.185. The second-order valence-corrected chi connectivity index (χ2v) is 6.45. The second kappa shape index (κ2) is 9.29. The highest BCUT2D eigenvalue weighted by atomic mass is 14.7. The van der Waals surface area contributed by atoms with Crippen molar-refractivity contribution in [3.63, 3.8) is 0 Å². The Kier molecular flexibility index (Phi) is 6.56. The highest BCUT2D eigenvalue weighted by Gasteiger charge is 2.10. The number of fused-ring (bicyclic) bond motifs is 6. The fourth-order valence-electron chi connectivity index (χ4n) is 3.58. The van der Waals surface area contributed by atoms with Crippen molar-refractivity contribution in [3.8, 4) is 11.1 Å². The fourth-order valence-corrected chi connectivity index (χ4v) is 3.58. The van der Waals surface area contributed by atoms with E-state index in [9.17, 15) is 0 Å². The lowest BCUT2D eigenvalue weighted by molar-refractivity contribution is 1.36. The summed E-state index contributed by atoms with van der Waals surface area (Å²) in [5, 5.41) is 5.96. The summed E-state index contributed by atoms with van der Waals surface area (Å²) < 4.78 is 0. The second-order valence-electron chi connectivity index (χ2n) is 6.45. The zero-order valence-electron chi connectivity index (χ0n) is 17.9. The molecule has 0 amide bonds. The quantitative estimate of drug-likeness (QED) is 0.276. The van der Waals surface area contributed by atoms with Crippen LogP contribution in [0.4, 0.5) is 0 Å². The Balaban J connectivity index is 0.000000568. The summed E-state index contributed by atoms with van der Waals surface area (Å²) in [7, 11) is 0. The summed E-state index contributed by atoms with van der Waals surface area (Å²) in [6.07, 6.45) is 5.62. The minimum Gasteiger partial charge on any atom is -0.264 e. The van der Waals surface area contributed by atoms with Crippen LogP contribution in [0.3, 0.4) is 0 Å². The van der Waals surface area contributed by atoms with Crippen molar-refractivity contribution in [2.75, 3.05) is 0 Å². The molecule has 2 aromatic heterocycles. The predicted octanol–water partition coefficient (Wildman–Crippen LogP) is 7.96. The molecular formula is C27H28N2. The van der Waals surface area contributed by atoms with Gasteiger partial charge in [0, 0.05) is 29.4 Å². The number of benzene rings is 3. The molecule has 0 aliphatic rings. The molecule has 0 aliphatic heterocycles. The first-order chi connectivity index (χ1) is 14.3. The molecule has 0 N–H and O–H groups in total. The highest BCUT2D eigenvalue weighted by molar-refractivity contribution is 6.24. The van der Waals surface area contributed by atoms with Gasteiger partial charge >= 0.3 is 0 Å². The number of hydrogen-bond donors (Lipinski definition) is 0. The maximum atomic E-state index is 4.63. The average Bonchev–Trinajstić information content (AvgIpc) is 2.82. The number of rotatable bonds is 1. The first-order valence-electron chi connectivity index (χ1n) is 10.4. The molecular weight excluding hydrogens is 352 g/mol. The van der Waals surface area contributed by atoms with Crippen LogP contribution in [0.25, 0.3) is 43.6 Å². The van der Waals surface area contributed by atoms with E-state index in [1.54, 1.807) is 0 Å². The van der Waals surface area contributed by atoms with Crippen LogP contribution in [0.5, 0.6) is 0 Å². The zero-order valence-corrected chi connectivity index (χ0v) is 17.9. The Morgan fingerprint density at radius 2 is 1.28 bits per heavy atom. The molecule has 0 fully saturated rings. The Labute approximate surface area is 173 Å². The monoisotopic (exact) mass is 380 g/mol. The molecule has 5 aromatic rings. The van der Waals surface area contributed by atoms with E-state index in [1.165, 1.54) is 38.2 Å². The van der Waals surface area contributed by atoms with Crippen molar-refractivity contribution in [3.05, 3.63) is 84.8 Å². The molecule has 0 bridgehead atoms. The van der Waals surface area contributed by atoms with E-state index < -0.39 is 0 Å². The molecule has 29 heavy (non-hydrogen) atoms. The van der Waals surface area contributed by atoms with Gasteiger partial charge in [0.05, 0.1) is 5.52 Å². The van der Waals surface area contributed by atoms with Gasteiger partial charge in [0.1, 0.15) is 0 Å². The van der Waals surface area contributed by atoms with E-state index in [1.807, 2.05) is 52.4 Å². The third kappa shape index (κ3) is 3.84. The van der Waals surface area contributed by atoms with Crippen LogP contribution in [0.15, 0.2) is 79.3 Å². The van der Waals surface area contributed by atoms with Gasteiger partial charge in [-0.15, -0.1) is 0 Å². The van der Waals surface area contributed by atoms with Gasteiger partial charge in [-0.3, -0.25) is 9.97 Å². The highest BCUT2D eigenvalue weighted by Crippen LogP contribution is 2.35. The molecule has 0 saturated carbocycles. The van der Waals surface area contributed by atoms with E-state index in [4.69, 9.17) is 0 Å². The first kappa shape index (κ1) is 20.5. The summed E-state index contributed by atoms with van der Waals surface area (Å²) in [6.45, 7) is 10.1. The van der Waals surface area contributed by atoms with Crippen LogP contribution < -0.4 is 0 Å². The van der Waals surface area contributed by atoms with Crippen LogP contribution in [0.1, 0.15) is 33.3 Å². The lowest BCUT2D eigenvalue weighted by atomic mass is 9.94. The van der Waals surface area contributed by atoms with Gasteiger partial charge in [0.2, 0.25) is 0 Å². The maximum absolute atomic E-state index is 4.63. The Morgan fingerprint density at radius 3 is 2.03 bits per heavy atom. The zero-order chi connectivity index (χ0) is 20.8. The molecule has 0 aliphatic carbocycles. The Morgan fingerprint density at radius 1 is 0.586 bits per heavy atom. The molecule has 2 heterocycles. The van der Waals surface area contributed by atoms with Gasteiger partial charge in [-0.1, -0.05) is 75.7 Å². The standard InChI is InChI=1S/C23H16N2.2C2H6/c1-15-4-6-16(7-5-15)17-8-9-18-19-10-12-24-14-22(19)23-20(21(18)13-17)3-2-11-25-23;2*1-2/h2-14H,1H3;2*1-2H3. The molecule has 3 aromatic carbocycles. The van der Waals surface area contributed by atoms with E-state index in [-0.39, 0.29) is 0 Å². The third-order valence-electron chi connectivity index (χ3n) is 4.87. The SMILES string of the molecule is CC.CC.Cc1ccc(-c2ccc3c(c2)c2cccnc2c2cnccc32)cc1. The summed E-state index contributed by atoms with van der Waals surface area (Å²) in [4.78, 5) is 8.94. The molecule has 0 spiro atoms. The Bertz CT molecular complexity index is 1200. The van der Waals surface area contributed by atoms with Gasteiger partial charge < -0.3 is 0 Å². The van der Waals surface area contributed by atoms with Crippen molar-refractivity contribution in [2.45, 2.75) is 34.6 Å². The lowest BCUT2D eigenvalue weighted by Crippen LogP contribution is -1.87. The van der Waals surface area contributed by atoms with Gasteiger partial charge in [-0.25, -0.2) is 0 Å². The number of pyridine rings is 2. The molecule has 0 atom stereocenters. The van der Waals surface area contributed by atoms with Crippen LogP contribution in [-0.2, 0) is 0 Å². The smallest absolute Gasteiger partial charge is 0.0802 e. The van der Waals surface area contributed by atoms with E-state index in [2.05, 4.69) is 71.5 Å². The first-order valence-corrected chi connectivity index (χ1v) is 10.4. The van der Waals surface area contributed by atoms with E-state index in [0.29, 0.717) is 0 Å². The average molecular weight is 381 g/mol. The van der Waals surface area contributed by atoms with E-state index >= 15 is 0 Å². The molecule has 2 heteroatoms. The number of nitrogens with zero attached hydrogens (tertiary/aromatic N) is 2. The van der Waals surface area contributed by atoms with Crippen LogP contribution >= 0.6 is 0 Å². The number of aryl methyl sites for hydroxylation is 1. The molecule has 0 unspecified atom stereocenters. The van der Waals surface area contributed by atoms with Crippen molar-refractivity contribution >= 4 is 32.4 Å². The van der Waals surface area contributed by atoms with Crippen LogP contribution in [0, 0.1) is 6.92 Å². The summed E-state index contributed by atoms with van der Waals surface area (Å²) >= 11 is 0. The van der Waals surface area contributed by atoms with Gasteiger partial charge in [-0.2, -0.15) is 0 Å². The Hall–Kier alpha value is -3.26. The number of hydrogen-bond acceptors (Lipinski definition) is 2. The van der Waals surface area contributed by atoms with E-state index in [0.717, 1.165) is 10.9 Å². The molecule has 146 valence electrons. The van der Waals surface area contributed by atoms with Crippen molar-refractivity contribution in [1.82, 2.24) is 9.97 Å². The molecule has 2 nitrogen and oxygen atoms in total. The molecule has 0 saturated heterocycles. The minimum atomic E-state index is 1.01. The van der Waals surface area contributed by atoms with Gasteiger partial charge in [0.25, 0.3) is 0 Å². The third-order valence-corrected chi connectivity index (χ3v) is 4.87. The number of aromatic nitrogens is 2. The predicted molar refractivity (Wildman–Crippen MR) is 127 cm³/mol. The summed E-state index contributed by atoms with van der Waals surface area (Å²) in [5.41, 5.74) is 4.75. The van der Waals surface area contributed by atoms with Crippen LogP contribution in [0.2, 0.25) is 0 Å². The largest absolute Gasteiger partial charge is 0.264 e. The van der Waals surface area contributed by atoms with Gasteiger partial charge in [-0.05, 0) is 52.4 Å². The minimum absolute atomic E-state index is 1.01. The molecule has 0 radical (unpaired) electrons. The summed E-state index contributed by atoms with van der Waals surface area (Å²) in [5.74, 6) is 0. The van der Waals surface area contributed by atoms with Crippen LogP contribution in [-0.4, -0.2) is 9.97 Å². The topological polar surface area (TPSA) is 25.8 Å². The van der Waals surface area contributed by atoms with Gasteiger partial charge in [0.15, 0.2) is 0 Å². The summed E-state index contributed by atoms with van der Waals surface area (Å²) in [6, 6.07) is 21.6. The van der Waals surface area contributed by atoms with Crippen molar-refractivity contribution < 1.29 is 0 Å². The normalized spacial score (nSPS) is 10.2. The maximum Gasteiger partial charge on any atom is 0.0802 e.